The monoisotopic (exact) mass is 452 g/mol. The molecule has 0 aliphatic carbocycles. The molecule has 2 aromatic heterocycles. The van der Waals surface area contributed by atoms with Crippen molar-refractivity contribution in [1.82, 2.24) is 4.40 Å². The molecule has 0 saturated carbocycles. The van der Waals surface area contributed by atoms with Crippen molar-refractivity contribution in [2.45, 2.75) is 13.0 Å². The van der Waals surface area contributed by atoms with E-state index in [1.165, 1.54) is 17.6 Å². The van der Waals surface area contributed by atoms with E-state index in [1.54, 1.807) is 71.6 Å². The molecule has 2 heterocycles. The van der Waals surface area contributed by atoms with E-state index >= 15 is 0 Å². The standard InChI is InChI=1S/C24H19ClFN3O3/c1-32-27-11-5-13-29-21-8-2-3-12-28(21)23(30)22(24(29)31)17-7-4-6-16(14-17)19-10-9-18(25)15-20(19)26/h2-4,6-12,14-15H,5,13H2,1H3/p+1/b27-11+. The fraction of sp³-hybridized carbons (Fsp3) is 0.125. The summed E-state index contributed by atoms with van der Waals surface area (Å²) in [6.07, 6.45) is 3.70. The molecule has 1 N–H and O–H groups in total. The highest BCUT2D eigenvalue weighted by atomic mass is 35.5. The molecule has 4 aromatic rings. The molecular weight excluding hydrogens is 433 g/mol. The predicted octanol–water partition coefficient (Wildman–Crippen LogP) is 4.44. The van der Waals surface area contributed by atoms with Crippen LogP contribution in [0.5, 0.6) is 5.88 Å². The number of aromatic hydroxyl groups is 1. The first-order chi connectivity index (χ1) is 15.5. The Labute approximate surface area is 188 Å². The van der Waals surface area contributed by atoms with Gasteiger partial charge >= 0.3 is 5.56 Å². The molecular formula is C24H20ClFN3O3+. The molecule has 0 unspecified atom stereocenters. The van der Waals surface area contributed by atoms with Crippen LogP contribution in [0.2, 0.25) is 5.02 Å². The molecule has 162 valence electrons. The van der Waals surface area contributed by atoms with Crippen LogP contribution in [0.15, 0.2) is 76.8 Å². The van der Waals surface area contributed by atoms with Crippen molar-refractivity contribution >= 4 is 23.5 Å². The number of nitrogens with zero attached hydrogens (tertiary/aromatic N) is 3. The smallest absolute Gasteiger partial charge is 0.354 e. The molecule has 0 saturated heterocycles. The van der Waals surface area contributed by atoms with Gasteiger partial charge in [0.05, 0.1) is 12.7 Å². The Kier molecular flexibility index (Phi) is 6.18. The van der Waals surface area contributed by atoms with Crippen LogP contribution in [0.3, 0.4) is 0 Å². The average molecular weight is 453 g/mol. The van der Waals surface area contributed by atoms with Crippen molar-refractivity contribution in [3.8, 4) is 28.1 Å². The van der Waals surface area contributed by atoms with Gasteiger partial charge in [-0.05, 0) is 41.5 Å². The highest BCUT2D eigenvalue weighted by Crippen LogP contribution is 2.30. The maximum Gasteiger partial charge on any atom is 0.354 e. The first-order valence-electron chi connectivity index (χ1n) is 9.88. The Morgan fingerprint density at radius 3 is 2.75 bits per heavy atom. The minimum absolute atomic E-state index is 0.119. The number of oxime groups is 1. The van der Waals surface area contributed by atoms with Crippen molar-refractivity contribution in [3.05, 3.63) is 88.1 Å². The fourth-order valence-electron chi connectivity index (χ4n) is 3.64. The zero-order valence-electron chi connectivity index (χ0n) is 17.2. The van der Waals surface area contributed by atoms with Crippen molar-refractivity contribution in [2.24, 2.45) is 5.16 Å². The molecule has 0 aliphatic heterocycles. The van der Waals surface area contributed by atoms with Gasteiger partial charge in [-0.1, -0.05) is 41.0 Å². The number of aryl methyl sites for hydroxylation is 1. The largest absolute Gasteiger partial charge is 0.477 e. The Balaban J connectivity index is 1.89. The summed E-state index contributed by atoms with van der Waals surface area (Å²) < 4.78 is 17.6. The second kappa shape index (κ2) is 9.20. The van der Waals surface area contributed by atoms with Crippen LogP contribution >= 0.6 is 11.6 Å². The number of rotatable bonds is 6. The van der Waals surface area contributed by atoms with Crippen molar-refractivity contribution in [2.75, 3.05) is 7.11 Å². The van der Waals surface area contributed by atoms with Gasteiger partial charge in [-0.3, -0.25) is 0 Å². The van der Waals surface area contributed by atoms with Gasteiger partial charge < -0.3 is 9.94 Å². The maximum absolute atomic E-state index is 14.5. The maximum atomic E-state index is 14.5. The van der Waals surface area contributed by atoms with Gasteiger partial charge in [-0.25, -0.2) is 9.18 Å². The normalized spacial score (nSPS) is 11.3. The summed E-state index contributed by atoms with van der Waals surface area (Å²) in [5.41, 5.74) is 1.65. The lowest BCUT2D eigenvalue weighted by Crippen LogP contribution is -2.41. The van der Waals surface area contributed by atoms with E-state index in [4.69, 9.17) is 11.6 Å². The Morgan fingerprint density at radius 1 is 1.16 bits per heavy atom. The topological polar surface area (TPSA) is 67.2 Å². The molecule has 4 rings (SSSR count). The molecule has 6 nitrogen and oxygen atoms in total. The highest BCUT2D eigenvalue weighted by Gasteiger charge is 2.25. The van der Waals surface area contributed by atoms with Crippen LogP contribution in [0.25, 0.3) is 27.9 Å². The number of hydrogen-bond donors (Lipinski definition) is 1. The van der Waals surface area contributed by atoms with E-state index in [2.05, 4.69) is 9.99 Å². The van der Waals surface area contributed by atoms with Crippen molar-refractivity contribution in [3.63, 3.8) is 0 Å². The SMILES string of the molecule is CO/N=C/CC[n+]1c(O)c(-c2cccc(-c3ccc(Cl)cc3F)c2)c(=O)n2ccccc21. The third-order valence-electron chi connectivity index (χ3n) is 5.08. The molecule has 0 fully saturated rings. The third kappa shape index (κ3) is 4.07. The zero-order chi connectivity index (χ0) is 22.7. The summed E-state index contributed by atoms with van der Waals surface area (Å²) in [4.78, 5) is 18.0. The van der Waals surface area contributed by atoms with Gasteiger partial charge in [-0.2, -0.15) is 8.97 Å². The van der Waals surface area contributed by atoms with Crippen LogP contribution in [0, 0.1) is 5.82 Å². The zero-order valence-corrected chi connectivity index (χ0v) is 18.0. The number of pyridine rings is 1. The summed E-state index contributed by atoms with van der Waals surface area (Å²) in [5.74, 6) is -0.651. The lowest BCUT2D eigenvalue weighted by atomic mass is 9.99. The summed E-state index contributed by atoms with van der Waals surface area (Å²) in [5, 5.41) is 15.1. The lowest BCUT2D eigenvalue weighted by Gasteiger charge is -2.11. The third-order valence-corrected chi connectivity index (χ3v) is 5.32. The fourth-order valence-corrected chi connectivity index (χ4v) is 3.80. The number of fused-ring (bicyclic) bond motifs is 1. The molecule has 0 aliphatic rings. The van der Waals surface area contributed by atoms with Gasteiger partial charge in [-0.15, -0.1) is 0 Å². The Hall–Kier alpha value is -3.71. The van der Waals surface area contributed by atoms with Crippen LogP contribution < -0.4 is 10.1 Å². The van der Waals surface area contributed by atoms with Crippen molar-refractivity contribution < 1.29 is 18.9 Å². The molecule has 2 aromatic carbocycles. The highest BCUT2D eigenvalue weighted by molar-refractivity contribution is 6.30. The van der Waals surface area contributed by atoms with E-state index in [0.29, 0.717) is 40.3 Å². The van der Waals surface area contributed by atoms with E-state index < -0.39 is 5.82 Å². The molecule has 32 heavy (non-hydrogen) atoms. The summed E-state index contributed by atoms with van der Waals surface area (Å²) in [6.45, 7) is 0.366. The van der Waals surface area contributed by atoms with Crippen LogP contribution in [0.1, 0.15) is 6.42 Å². The molecule has 0 bridgehead atoms. The Morgan fingerprint density at radius 2 is 1.97 bits per heavy atom. The predicted molar refractivity (Wildman–Crippen MR) is 121 cm³/mol. The molecule has 0 spiro atoms. The summed E-state index contributed by atoms with van der Waals surface area (Å²) in [6, 6.07) is 16.5. The lowest BCUT2D eigenvalue weighted by molar-refractivity contribution is -0.678. The van der Waals surface area contributed by atoms with E-state index in [1.807, 2.05) is 0 Å². The first kappa shape index (κ1) is 21.5. The van der Waals surface area contributed by atoms with Crippen molar-refractivity contribution in [1.29, 1.82) is 0 Å². The molecule has 8 heteroatoms. The molecule has 0 radical (unpaired) electrons. The van der Waals surface area contributed by atoms with Gasteiger partial charge in [0.15, 0.2) is 5.56 Å². The second-order valence-corrected chi connectivity index (χ2v) is 7.48. The summed E-state index contributed by atoms with van der Waals surface area (Å²) in [7, 11) is 1.45. The quantitative estimate of drug-likeness (QED) is 0.267. The second-order valence-electron chi connectivity index (χ2n) is 7.05. The Bertz CT molecular complexity index is 1390. The van der Waals surface area contributed by atoms with Gasteiger partial charge in [0.1, 0.15) is 12.9 Å². The number of benzene rings is 2. The summed E-state index contributed by atoms with van der Waals surface area (Å²) >= 11 is 5.87. The molecule has 0 atom stereocenters. The van der Waals surface area contributed by atoms with Crippen LogP contribution in [-0.4, -0.2) is 22.8 Å². The van der Waals surface area contributed by atoms with E-state index in [-0.39, 0.29) is 17.0 Å². The van der Waals surface area contributed by atoms with E-state index in [9.17, 15) is 14.3 Å². The average Bonchev–Trinajstić information content (AvgIpc) is 2.79. The number of hydrogen-bond acceptors (Lipinski definition) is 4. The van der Waals surface area contributed by atoms with Gasteiger partial charge in [0.2, 0.25) is 0 Å². The van der Waals surface area contributed by atoms with Crippen LogP contribution in [0.4, 0.5) is 4.39 Å². The van der Waals surface area contributed by atoms with E-state index in [0.717, 1.165) is 0 Å². The molecule has 0 amide bonds. The van der Waals surface area contributed by atoms with Gasteiger partial charge in [0, 0.05) is 29.3 Å². The number of aromatic nitrogens is 2. The number of halogens is 2. The minimum atomic E-state index is -0.471. The van der Waals surface area contributed by atoms with Crippen LogP contribution in [-0.2, 0) is 11.4 Å². The minimum Gasteiger partial charge on any atom is -0.477 e. The van der Waals surface area contributed by atoms with Gasteiger partial charge in [0.25, 0.3) is 11.5 Å². The first-order valence-corrected chi connectivity index (χ1v) is 10.3.